The van der Waals surface area contributed by atoms with Crippen molar-refractivity contribution in [2.24, 2.45) is 0 Å². The highest BCUT2D eigenvalue weighted by Gasteiger charge is 2.10. The second kappa shape index (κ2) is 8.51. The van der Waals surface area contributed by atoms with Crippen LogP contribution in [0.3, 0.4) is 0 Å². The van der Waals surface area contributed by atoms with Crippen molar-refractivity contribution >= 4 is 17.2 Å². The fraction of sp³-hybridized carbons (Fsp3) is 0.333. The summed E-state index contributed by atoms with van der Waals surface area (Å²) in [5.41, 5.74) is 1.03. The van der Waals surface area contributed by atoms with Crippen molar-refractivity contribution in [3.63, 3.8) is 0 Å². The molecule has 0 atom stereocenters. The van der Waals surface area contributed by atoms with Gasteiger partial charge in [0.15, 0.2) is 0 Å². The van der Waals surface area contributed by atoms with Crippen LogP contribution in [0.25, 0.3) is 10.6 Å². The third-order valence-electron chi connectivity index (χ3n) is 2.82. The number of carbonyl (C=O) groups excluding carboxylic acids is 1. The maximum absolute atomic E-state index is 12.0. The van der Waals surface area contributed by atoms with E-state index in [4.69, 9.17) is 4.74 Å². The van der Waals surface area contributed by atoms with Crippen LogP contribution in [-0.4, -0.2) is 44.2 Å². The Morgan fingerprint density at radius 3 is 2.81 bits per heavy atom. The molecule has 0 aliphatic carbocycles. The van der Waals surface area contributed by atoms with Gasteiger partial charge in [-0.15, -0.1) is 11.3 Å². The van der Waals surface area contributed by atoms with E-state index in [-0.39, 0.29) is 5.91 Å². The quantitative estimate of drug-likeness (QED) is 0.730. The molecule has 2 N–H and O–H groups in total. The van der Waals surface area contributed by atoms with Gasteiger partial charge in [0.25, 0.3) is 5.91 Å². The molecular weight excluding hydrogens is 286 g/mol. The molecule has 2 aromatic rings. The molecule has 0 spiro atoms. The van der Waals surface area contributed by atoms with E-state index in [1.165, 1.54) is 11.3 Å². The number of aromatic nitrogens is 1. The van der Waals surface area contributed by atoms with E-state index in [0.29, 0.717) is 18.0 Å². The summed E-state index contributed by atoms with van der Waals surface area (Å²) < 4.78 is 4.93. The van der Waals surface area contributed by atoms with E-state index < -0.39 is 0 Å². The molecule has 0 saturated carbocycles. The van der Waals surface area contributed by atoms with Crippen molar-refractivity contribution in [2.75, 3.05) is 33.4 Å². The van der Waals surface area contributed by atoms with Crippen LogP contribution in [0.1, 0.15) is 9.67 Å². The summed E-state index contributed by atoms with van der Waals surface area (Å²) in [5, 5.41) is 6.90. The Bertz CT molecular complexity index is 557. The minimum atomic E-state index is -0.0803. The number of benzene rings is 1. The molecule has 0 unspecified atom stereocenters. The molecule has 1 aromatic carbocycles. The van der Waals surface area contributed by atoms with E-state index in [1.807, 2.05) is 30.3 Å². The van der Waals surface area contributed by atoms with Crippen LogP contribution in [0.4, 0.5) is 0 Å². The fourth-order valence-electron chi connectivity index (χ4n) is 1.74. The van der Waals surface area contributed by atoms with Crippen LogP contribution in [-0.2, 0) is 4.74 Å². The van der Waals surface area contributed by atoms with E-state index in [0.717, 1.165) is 23.7 Å². The molecule has 5 nitrogen and oxygen atoms in total. The van der Waals surface area contributed by atoms with Crippen molar-refractivity contribution in [2.45, 2.75) is 0 Å². The van der Waals surface area contributed by atoms with Crippen LogP contribution in [0.5, 0.6) is 0 Å². The van der Waals surface area contributed by atoms with Gasteiger partial charge in [0.1, 0.15) is 9.88 Å². The van der Waals surface area contributed by atoms with Gasteiger partial charge in [-0.05, 0) is 0 Å². The first kappa shape index (κ1) is 15.6. The minimum absolute atomic E-state index is 0.0803. The molecule has 0 aliphatic heterocycles. The first-order valence-electron chi connectivity index (χ1n) is 6.80. The molecule has 0 bridgehead atoms. The maximum Gasteiger partial charge on any atom is 0.263 e. The highest BCUT2D eigenvalue weighted by molar-refractivity contribution is 7.16. The number of carbonyl (C=O) groups is 1. The lowest BCUT2D eigenvalue weighted by molar-refractivity contribution is 0.0957. The molecule has 21 heavy (non-hydrogen) atoms. The van der Waals surface area contributed by atoms with Gasteiger partial charge in [0.2, 0.25) is 0 Å². The Balaban J connectivity index is 1.80. The summed E-state index contributed by atoms with van der Waals surface area (Å²) in [6.45, 7) is 2.76. The lowest BCUT2D eigenvalue weighted by Crippen LogP contribution is -2.32. The Morgan fingerprint density at radius 1 is 1.24 bits per heavy atom. The van der Waals surface area contributed by atoms with Crippen molar-refractivity contribution in [3.8, 4) is 10.6 Å². The zero-order valence-corrected chi connectivity index (χ0v) is 12.8. The van der Waals surface area contributed by atoms with Crippen molar-refractivity contribution in [1.82, 2.24) is 15.6 Å². The predicted octanol–water partition coefficient (Wildman–Crippen LogP) is 1.78. The third-order valence-corrected chi connectivity index (χ3v) is 3.87. The summed E-state index contributed by atoms with van der Waals surface area (Å²) in [6.07, 6.45) is 1.63. The Morgan fingerprint density at radius 2 is 2.05 bits per heavy atom. The normalized spacial score (nSPS) is 10.5. The van der Waals surface area contributed by atoms with Crippen LogP contribution in [0.15, 0.2) is 36.5 Å². The average Bonchev–Trinajstić information content (AvgIpc) is 3.01. The summed E-state index contributed by atoms with van der Waals surface area (Å²) in [6, 6.07) is 9.85. The predicted molar refractivity (Wildman–Crippen MR) is 84.6 cm³/mol. The van der Waals surface area contributed by atoms with Crippen LogP contribution in [0, 0.1) is 0 Å². The zero-order valence-electron chi connectivity index (χ0n) is 12.0. The van der Waals surface area contributed by atoms with Gasteiger partial charge < -0.3 is 15.4 Å². The van der Waals surface area contributed by atoms with Gasteiger partial charge in [-0.2, -0.15) is 0 Å². The van der Waals surface area contributed by atoms with Gasteiger partial charge in [0, 0.05) is 32.3 Å². The number of thiazole rings is 1. The van der Waals surface area contributed by atoms with E-state index in [1.54, 1.807) is 13.3 Å². The number of nitrogens with one attached hydrogen (secondary N) is 2. The maximum atomic E-state index is 12.0. The number of amides is 1. The second-order valence-corrected chi connectivity index (χ2v) is 5.43. The topological polar surface area (TPSA) is 63.2 Å². The van der Waals surface area contributed by atoms with E-state index in [9.17, 15) is 4.79 Å². The first-order valence-corrected chi connectivity index (χ1v) is 7.62. The van der Waals surface area contributed by atoms with Crippen molar-refractivity contribution < 1.29 is 9.53 Å². The smallest absolute Gasteiger partial charge is 0.263 e. The minimum Gasteiger partial charge on any atom is -0.383 e. The molecule has 1 amide bonds. The van der Waals surface area contributed by atoms with Crippen LogP contribution >= 0.6 is 11.3 Å². The fourth-order valence-corrected chi connectivity index (χ4v) is 2.58. The second-order valence-electron chi connectivity index (χ2n) is 4.39. The molecule has 6 heteroatoms. The van der Waals surface area contributed by atoms with Gasteiger partial charge in [0.05, 0.1) is 12.8 Å². The molecule has 2 rings (SSSR count). The molecule has 0 radical (unpaired) electrons. The Kier molecular flexibility index (Phi) is 6.33. The molecule has 1 heterocycles. The number of hydrogen-bond donors (Lipinski definition) is 2. The molecule has 0 saturated heterocycles. The number of ether oxygens (including phenoxy) is 1. The number of hydrogen-bond acceptors (Lipinski definition) is 5. The Labute approximate surface area is 128 Å². The summed E-state index contributed by atoms with van der Waals surface area (Å²) in [4.78, 5) is 16.9. The first-order chi connectivity index (χ1) is 10.3. The number of nitrogens with zero attached hydrogens (tertiary/aromatic N) is 1. The van der Waals surface area contributed by atoms with Gasteiger partial charge in [-0.25, -0.2) is 4.98 Å². The van der Waals surface area contributed by atoms with E-state index in [2.05, 4.69) is 15.6 Å². The monoisotopic (exact) mass is 305 g/mol. The zero-order chi connectivity index (χ0) is 14.9. The van der Waals surface area contributed by atoms with Gasteiger partial charge in [-0.1, -0.05) is 30.3 Å². The standard InChI is InChI=1S/C15H19N3O2S/c1-20-10-9-16-7-8-17-14(19)13-11-18-15(21-13)12-5-3-2-4-6-12/h2-6,11,16H,7-10H2,1H3,(H,17,19). The van der Waals surface area contributed by atoms with Gasteiger partial charge >= 0.3 is 0 Å². The highest BCUT2D eigenvalue weighted by Crippen LogP contribution is 2.24. The van der Waals surface area contributed by atoms with E-state index >= 15 is 0 Å². The molecule has 112 valence electrons. The van der Waals surface area contributed by atoms with Crippen LogP contribution in [0.2, 0.25) is 0 Å². The lowest BCUT2D eigenvalue weighted by atomic mass is 10.2. The highest BCUT2D eigenvalue weighted by atomic mass is 32.1. The molecule has 0 aliphatic rings. The van der Waals surface area contributed by atoms with Crippen molar-refractivity contribution in [1.29, 1.82) is 0 Å². The lowest BCUT2D eigenvalue weighted by Gasteiger charge is -2.05. The molecule has 1 aromatic heterocycles. The number of rotatable bonds is 8. The van der Waals surface area contributed by atoms with Gasteiger partial charge in [-0.3, -0.25) is 4.79 Å². The summed E-state index contributed by atoms with van der Waals surface area (Å²) in [7, 11) is 1.66. The molecular formula is C15H19N3O2S. The summed E-state index contributed by atoms with van der Waals surface area (Å²) in [5.74, 6) is -0.0803. The summed E-state index contributed by atoms with van der Waals surface area (Å²) >= 11 is 1.40. The SMILES string of the molecule is COCCNCCNC(=O)c1cnc(-c2ccccc2)s1. The number of methoxy groups -OCH3 is 1. The Hall–Kier alpha value is -1.76. The van der Waals surface area contributed by atoms with Crippen molar-refractivity contribution in [3.05, 3.63) is 41.4 Å². The average molecular weight is 305 g/mol. The molecule has 0 fully saturated rings. The van der Waals surface area contributed by atoms with Crippen LogP contribution < -0.4 is 10.6 Å². The third kappa shape index (κ3) is 4.93. The largest absolute Gasteiger partial charge is 0.383 e.